The minimum absolute atomic E-state index is 0.0735. The number of aliphatic imine (C=N–C) groups is 2. The molecule has 0 aromatic heterocycles. The van der Waals surface area contributed by atoms with Gasteiger partial charge < -0.3 is 0 Å². The van der Waals surface area contributed by atoms with Crippen molar-refractivity contribution in [2.24, 2.45) is 9.98 Å². The lowest BCUT2D eigenvalue weighted by atomic mass is 9.98. The lowest BCUT2D eigenvalue weighted by Gasteiger charge is -2.31. The zero-order valence-electron chi connectivity index (χ0n) is 8.02. The molecule has 4 heteroatoms. The molecule has 2 heterocycles. The molecular formula is C10H10N2S2. The van der Waals surface area contributed by atoms with Crippen molar-refractivity contribution in [2.45, 2.75) is 17.0 Å². The summed E-state index contributed by atoms with van der Waals surface area (Å²) in [7, 11) is 0. The van der Waals surface area contributed by atoms with Crippen LogP contribution in [0.2, 0.25) is 0 Å². The zero-order valence-corrected chi connectivity index (χ0v) is 9.65. The van der Waals surface area contributed by atoms with E-state index in [4.69, 9.17) is 6.42 Å². The number of thioether (sulfide) groups is 2. The molecule has 0 spiro atoms. The Morgan fingerprint density at radius 3 is 3.14 bits per heavy atom. The third-order valence-corrected chi connectivity index (χ3v) is 4.83. The lowest BCUT2D eigenvalue weighted by Crippen LogP contribution is -2.41. The van der Waals surface area contributed by atoms with Crippen molar-refractivity contribution in [1.82, 2.24) is 0 Å². The Hall–Kier alpha value is -0.660. The van der Waals surface area contributed by atoms with Gasteiger partial charge in [0.1, 0.15) is 11.7 Å². The highest BCUT2D eigenvalue weighted by atomic mass is 32.2. The number of terminal acetylenes is 1. The van der Waals surface area contributed by atoms with E-state index < -0.39 is 0 Å². The van der Waals surface area contributed by atoms with Crippen LogP contribution in [0.4, 0.5) is 0 Å². The highest BCUT2D eigenvalue weighted by Crippen LogP contribution is 2.45. The van der Waals surface area contributed by atoms with Crippen molar-refractivity contribution in [2.75, 3.05) is 6.26 Å². The van der Waals surface area contributed by atoms with E-state index in [1.165, 1.54) is 0 Å². The number of allylic oxidation sites excluding steroid dienone is 1. The van der Waals surface area contributed by atoms with Gasteiger partial charge in [-0.05, 0) is 18.6 Å². The molecule has 0 amide bonds. The van der Waals surface area contributed by atoms with E-state index in [0.717, 1.165) is 11.3 Å². The molecule has 2 rings (SSSR count). The monoisotopic (exact) mass is 222 g/mol. The highest BCUT2D eigenvalue weighted by molar-refractivity contribution is 8.07. The number of nitrogens with zero attached hydrogens (tertiary/aromatic N) is 2. The summed E-state index contributed by atoms with van der Waals surface area (Å²) in [6.45, 7) is 2.15. The molecule has 0 saturated heterocycles. The smallest absolute Gasteiger partial charge is 0.117 e. The number of rotatable bonds is 1. The fraction of sp³-hybridized carbons (Fsp3) is 0.400. The molecule has 0 aromatic rings. The summed E-state index contributed by atoms with van der Waals surface area (Å²) in [6, 6.07) is 0. The van der Waals surface area contributed by atoms with Gasteiger partial charge in [0.2, 0.25) is 0 Å². The predicted molar refractivity (Wildman–Crippen MR) is 66.1 cm³/mol. The molecule has 0 N–H and O–H groups in total. The Bertz CT molecular complexity index is 389. The first kappa shape index (κ1) is 9.88. The number of fused-ring (bicyclic) bond motifs is 1. The lowest BCUT2D eigenvalue weighted by molar-refractivity contribution is 0.788. The summed E-state index contributed by atoms with van der Waals surface area (Å²) in [6.07, 6.45) is 9.10. The minimum Gasteiger partial charge on any atom is -0.257 e. The average Bonchev–Trinajstić information content (AvgIpc) is 2.54. The van der Waals surface area contributed by atoms with E-state index in [1.54, 1.807) is 29.9 Å². The first-order valence-corrected chi connectivity index (χ1v) is 6.37. The van der Waals surface area contributed by atoms with Crippen molar-refractivity contribution in [1.29, 1.82) is 0 Å². The van der Waals surface area contributed by atoms with E-state index in [-0.39, 0.29) is 10.1 Å². The van der Waals surface area contributed by atoms with Crippen LogP contribution in [0.3, 0.4) is 0 Å². The van der Waals surface area contributed by atoms with Crippen LogP contribution in [0.5, 0.6) is 0 Å². The van der Waals surface area contributed by atoms with E-state index in [9.17, 15) is 0 Å². The summed E-state index contributed by atoms with van der Waals surface area (Å²) >= 11 is 3.46. The molecule has 0 saturated carbocycles. The van der Waals surface area contributed by atoms with E-state index in [1.807, 2.05) is 5.41 Å². The average molecular weight is 222 g/mol. The molecule has 0 fully saturated rings. The maximum Gasteiger partial charge on any atom is 0.117 e. The second-order valence-corrected chi connectivity index (χ2v) is 5.47. The molecule has 2 aliphatic heterocycles. The third kappa shape index (κ3) is 1.23. The summed E-state index contributed by atoms with van der Waals surface area (Å²) in [5.41, 5.74) is 1.90. The van der Waals surface area contributed by atoms with Gasteiger partial charge in [-0.2, -0.15) is 0 Å². The van der Waals surface area contributed by atoms with Gasteiger partial charge in [-0.1, -0.05) is 5.92 Å². The largest absolute Gasteiger partial charge is 0.257 e. The summed E-state index contributed by atoms with van der Waals surface area (Å²) in [4.78, 5) is 8.65. The molecule has 2 aliphatic rings. The van der Waals surface area contributed by atoms with Crippen LogP contribution in [0, 0.1) is 12.3 Å². The topological polar surface area (TPSA) is 24.7 Å². The first-order valence-electron chi connectivity index (χ1n) is 4.20. The van der Waals surface area contributed by atoms with Crippen molar-refractivity contribution in [3.63, 3.8) is 0 Å². The molecule has 0 aliphatic carbocycles. The standard InChI is InChI=1S/C10H10N2S2/c1-4-7-5-14-10(2)8(7)11-6-12-9(10)13-3/h1,5-6,9H,2-3H3. The van der Waals surface area contributed by atoms with Gasteiger partial charge in [-0.15, -0.1) is 29.9 Å². The maximum atomic E-state index is 5.42. The van der Waals surface area contributed by atoms with Crippen LogP contribution >= 0.6 is 23.5 Å². The second kappa shape index (κ2) is 3.48. The summed E-state index contributed by atoms with van der Waals surface area (Å²) < 4.78 is -0.0735. The van der Waals surface area contributed by atoms with Crippen molar-refractivity contribution >= 4 is 35.6 Å². The van der Waals surface area contributed by atoms with Crippen LogP contribution in [-0.4, -0.2) is 28.4 Å². The Kier molecular flexibility index (Phi) is 2.46. The van der Waals surface area contributed by atoms with Gasteiger partial charge in [0, 0.05) is 0 Å². The van der Waals surface area contributed by atoms with E-state index in [0.29, 0.717) is 0 Å². The predicted octanol–water partition coefficient (Wildman–Crippen LogP) is 2.18. The molecule has 72 valence electrons. The Morgan fingerprint density at radius 2 is 2.50 bits per heavy atom. The van der Waals surface area contributed by atoms with Gasteiger partial charge in [-0.3, -0.25) is 4.99 Å². The van der Waals surface area contributed by atoms with Crippen molar-refractivity contribution < 1.29 is 0 Å². The minimum atomic E-state index is -0.0735. The van der Waals surface area contributed by atoms with E-state index >= 15 is 0 Å². The molecule has 2 nitrogen and oxygen atoms in total. The van der Waals surface area contributed by atoms with Crippen LogP contribution in [-0.2, 0) is 0 Å². The first-order chi connectivity index (χ1) is 6.72. The van der Waals surface area contributed by atoms with Crippen LogP contribution in [0.15, 0.2) is 21.0 Å². The fourth-order valence-corrected chi connectivity index (χ4v) is 3.80. The summed E-state index contributed by atoms with van der Waals surface area (Å²) in [5, 5.41) is 2.22. The van der Waals surface area contributed by atoms with Gasteiger partial charge >= 0.3 is 0 Å². The fourth-order valence-electron chi connectivity index (χ4n) is 1.62. The second-order valence-electron chi connectivity index (χ2n) is 3.23. The molecule has 2 unspecified atom stereocenters. The summed E-state index contributed by atoms with van der Waals surface area (Å²) in [5.74, 6) is 2.67. The Labute approximate surface area is 92.4 Å². The highest BCUT2D eigenvalue weighted by Gasteiger charge is 2.45. The van der Waals surface area contributed by atoms with Crippen LogP contribution in [0.25, 0.3) is 0 Å². The molecular weight excluding hydrogens is 212 g/mol. The van der Waals surface area contributed by atoms with Crippen LogP contribution < -0.4 is 0 Å². The Balaban J connectivity index is 2.42. The zero-order chi connectivity index (χ0) is 10.2. The quantitative estimate of drug-likeness (QED) is 0.635. The van der Waals surface area contributed by atoms with Crippen molar-refractivity contribution in [3.05, 3.63) is 11.0 Å². The normalized spacial score (nSPS) is 34.5. The molecule has 0 aromatic carbocycles. The van der Waals surface area contributed by atoms with Gasteiger partial charge in [0.05, 0.1) is 16.0 Å². The SMILES string of the molecule is C#CC1=CSC2(C)C1=NC=NC2SC. The number of hydrogen-bond acceptors (Lipinski definition) is 4. The van der Waals surface area contributed by atoms with E-state index in [2.05, 4.69) is 29.1 Å². The van der Waals surface area contributed by atoms with Crippen molar-refractivity contribution in [3.8, 4) is 12.3 Å². The third-order valence-electron chi connectivity index (χ3n) is 2.39. The van der Waals surface area contributed by atoms with Gasteiger partial charge in [-0.25, -0.2) is 4.99 Å². The molecule has 14 heavy (non-hydrogen) atoms. The van der Waals surface area contributed by atoms with Gasteiger partial charge in [0.15, 0.2) is 0 Å². The van der Waals surface area contributed by atoms with Crippen LogP contribution in [0.1, 0.15) is 6.92 Å². The maximum absolute atomic E-state index is 5.42. The molecule has 0 radical (unpaired) electrons. The van der Waals surface area contributed by atoms with Gasteiger partial charge in [0.25, 0.3) is 0 Å². The Morgan fingerprint density at radius 1 is 1.71 bits per heavy atom. The number of hydrogen-bond donors (Lipinski definition) is 0. The molecule has 0 bridgehead atoms. The molecule has 2 atom stereocenters.